The van der Waals surface area contributed by atoms with Gasteiger partial charge >= 0.3 is 0 Å². The molecule has 2 rings (SSSR count). The minimum Gasteiger partial charge on any atom is -0.345 e. The lowest BCUT2D eigenvalue weighted by Gasteiger charge is -2.11. The van der Waals surface area contributed by atoms with Crippen molar-refractivity contribution in [3.8, 4) is 0 Å². The van der Waals surface area contributed by atoms with Gasteiger partial charge in [-0.1, -0.05) is 25.2 Å². The zero-order valence-corrected chi connectivity index (χ0v) is 10.7. The van der Waals surface area contributed by atoms with Crippen molar-refractivity contribution in [1.82, 2.24) is 4.57 Å². The Morgan fingerprint density at radius 1 is 1.50 bits per heavy atom. The summed E-state index contributed by atoms with van der Waals surface area (Å²) in [6.45, 7) is 2.12. The van der Waals surface area contributed by atoms with Crippen LogP contribution in [0.4, 0.5) is 0 Å². The Hall–Kier alpha value is -1.90. The summed E-state index contributed by atoms with van der Waals surface area (Å²) in [7, 11) is 1.82. The largest absolute Gasteiger partial charge is 0.345 e. The molecule has 1 atom stereocenters. The van der Waals surface area contributed by atoms with Crippen molar-refractivity contribution < 1.29 is 9.59 Å². The first kappa shape index (κ1) is 12.6. The van der Waals surface area contributed by atoms with Crippen molar-refractivity contribution in [2.45, 2.75) is 19.8 Å². The molecule has 1 aliphatic carbocycles. The van der Waals surface area contributed by atoms with Gasteiger partial charge in [0.25, 0.3) is 0 Å². The van der Waals surface area contributed by atoms with E-state index in [9.17, 15) is 9.59 Å². The summed E-state index contributed by atoms with van der Waals surface area (Å²) in [5.41, 5.74) is 2.24. The summed E-state index contributed by atoms with van der Waals surface area (Å²) in [5, 5.41) is 0. The van der Waals surface area contributed by atoms with Crippen molar-refractivity contribution in [3.05, 3.63) is 47.3 Å². The van der Waals surface area contributed by atoms with Crippen LogP contribution < -0.4 is 0 Å². The standard InChI is InChI=1S/C15H17NO2/c1-11-3-5-12(6-4-11)15(18)14-8-7-13(9-10-17)16(14)2/h3,5-8,10-11H,4,9H2,1-2H3. The molecule has 1 aromatic heterocycles. The monoisotopic (exact) mass is 243 g/mol. The van der Waals surface area contributed by atoms with E-state index in [2.05, 4.69) is 13.0 Å². The summed E-state index contributed by atoms with van der Waals surface area (Å²) >= 11 is 0. The number of ketones is 1. The van der Waals surface area contributed by atoms with Crippen molar-refractivity contribution in [2.24, 2.45) is 13.0 Å². The van der Waals surface area contributed by atoms with Gasteiger partial charge in [0.15, 0.2) is 0 Å². The topological polar surface area (TPSA) is 39.1 Å². The normalized spacial score (nSPS) is 18.6. The number of hydrogen-bond acceptors (Lipinski definition) is 2. The Morgan fingerprint density at radius 3 is 2.89 bits per heavy atom. The molecule has 0 saturated heterocycles. The number of rotatable bonds is 4. The van der Waals surface area contributed by atoms with Gasteiger partial charge in [0.05, 0.1) is 5.69 Å². The Labute approximate surface area is 107 Å². The molecule has 0 bridgehead atoms. The molecule has 0 N–H and O–H groups in total. The molecule has 3 heteroatoms. The number of Topliss-reactive ketones (excluding diaryl/α,β-unsaturated/α-hetero) is 1. The van der Waals surface area contributed by atoms with Crippen LogP contribution in [0.3, 0.4) is 0 Å². The van der Waals surface area contributed by atoms with Gasteiger partial charge < -0.3 is 9.36 Å². The Kier molecular flexibility index (Phi) is 3.60. The van der Waals surface area contributed by atoms with Gasteiger partial charge in [-0.05, 0) is 24.5 Å². The van der Waals surface area contributed by atoms with Gasteiger partial charge in [0.2, 0.25) is 5.78 Å². The summed E-state index contributed by atoms with van der Waals surface area (Å²) in [5.74, 6) is 0.526. The third kappa shape index (κ3) is 2.35. The van der Waals surface area contributed by atoms with Crippen LogP contribution in [0.5, 0.6) is 0 Å². The lowest BCUT2D eigenvalue weighted by Crippen LogP contribution is -2.11. The van der Waals surface area contributed by atoms with Crippen LogP contribution in [0.25, 0.3) is 0 Å². The Balaban J connectivity index is 2.24. The highest BCUT2D eigenvalue weighted by molar-refractivity contribution is 6.09. The maximum absolute atomic E-state index is 12.3. The molecule has 0 amide bonds. The van der Waals surface area contributed by atoms with Gasteiger partial charge in [-0.25, -0.2) is 0 Å². The quantitative estimate of drug-likeness (QED) is 0.602. The van der Waals surface area contributed by atoms with Gasteiger partial charge in [-0.2, -0.15) is 0 Å². The third-order valence-electron chi connectivity index (χ3n) is 3.33. The molecule has 1 heterocycles. The highest BCUT2D eigenvalue weighted by atomic mass is 16.1. The number of aromatic nitrogens is 1. The van der Waals surface area contributed by atoms with E-state index in [0.717, 1.165) is 24.0 Å². The van der Waals surface area contributed by atoms with Gasteiger partial charge in [-0.3, -0.25) is 4.79 Å². The SMILES string of the molecule is CC1C=CC(C(=O)c2ccc(CC=O)n2C)=CC1. The number of carbonyl (C=O) groups excluding carboxylic acids is 2. The van der Waals surface area contributed by atoms with Crippen molar-refractivity contribution >= 4 is 12.1 Å². The molecule has 1 unspecified atom stereocenters. The van der Waals surface area contributed by atoms with E-state index >= 15 is 0 Å². The third-order valence-corrected chi connectivity index (χ3v) is 3.33. The highest BCUT2D eigenvalue weighted by Gasteiger charge is 2.17. The first-order valence-electron chi connectivity index (χ1n) is 6.14. The molecule has 1 aliphatic rings. The van der Waals surface area contributed by atoms with Crippen LogP contribution in [0.1, 0.15) is 29.5 Å². The van der Waals surface area contributed by atoms with E-state index in [1.807, 2.05) is 25.3 Å². The van der Waals surface area contributed by atoms with Gasteiger partial charge in [-0.15, -0.1) is 0 Å². The van der Waals surface area contributed by atoms with Crippen LogP contribution in [-0.4, -0.2) is 16.6 Å². The molecule has 0 aromatic carbocycles. The number of carbonyl (C=O) groups is 2. The van der Waals surface area contributed by atoms with E-state index in [0.29, 0.717) is 18.0 Å². The van der Waals surface area contributed by atoms with Crippen molar-refractivity contribution in [1.29, 1.82) is 0 Å². The van der Waals surface area contributed by atoms with Crippen LogP contribution in [0, 0.1) is 5.92 Å². The average molecular weight is 243 g/mol. The van der Waals surface area contributed by atoms with Crippen LogP contribution in [0.15, 0.2) is 35.9 Å². The predicted molar refractivity (Wildman–Crippen MR) is 70.5 cm³/mol. The molecule has 3 nitrogen and oxygen atoms in total. The van der Waals surface area contributed by atoms with Crippen molar-refractivity contribution in [3.63, 3.8) is 0 Å². The summed E-state index contributed by atoms with van der Waals surface area (Å²) in [6.07, 6.45) is 8.04. The lowest BCUT2D eigenvalue weighted by atomic mass is 9.95. The maximum Gasteiger partial charge on any atom is 0.209 e. The fourth-order valence-corrected chi connectivity index (χ4v) is 2.12. The molecule has 18 heavy (non-hydrogen) atoms. The predicted octanol–water partition coefficient (Wildman–Crippen LogP) is 2.47. The second kappa shape index (κ2) is 5.17. The molecular formula is C15H17NO2. The van der Waals surface area contributed by atoms with E-state index in [1.165, 1.54) is 0 Å². The minimum absolute atomic E-state index is 0.0257. The molecule has 1 aromatic rings. The smallest absolute Gasteiger partial charge is 0.209 e. The number of aldehydes is 1. The highest BCUT2D eigenvalue weighted by Crippen LogP contribution is 2.20. The fraction of sp³-hybridized carbons (Fsp3) is 0.333. The van der Waals surface area contributed by atoms with E-state index < -0.39 is 0 Å². The van der Waals surface area contributed by atoms with Crippen LogP contribution in [0.2, 0.25) is 0 Å². The second-order valence-corrected chi connectivity index (χ2v) is 4.70. The number of nitrogens with zero attached hydrogens (tertiary/aromatic N) is 1. The first-order chi connectivity index (χ1) is 8.63. The molecule has 0 radical (unpaired) electrons. The molecular weight excluding hydrogens is 226 g/mol. The molecule has 94 valence electrons. The lowest BCUT2D eigenvalue weighted by molar-refractivity contribution is -0.107. The summed E-state index contributed by atoms with van der Waals surface area (Å²) in [6, 6.07) is 3.62. The fourth-order valence-electron chi connectivity index (χ4n) is 2.12. The molecule has 0 spiro atoms. The zero-order valence-electron chi connectivity index (χ0n) is 10.7. The molecule has 0 fully saturated rings. The van der Waals surface area contributed by atoms with E-state index in [1.54, 1.807) is 10.6 Å². The van der Waals surface area contributed by atoms with Crippen molar-refractivity contribution in [2.75, 3.05) is 0 Å². The Bertz CT molecular complexity index is 535. The number of hydrogen-bond donors (Lipinski definition) is 0. The second-order valence-electron chi connectivity index (χ2n) is 4.70. The first-order valence-corrected chi connectivity index (χ1v) is 6.14. The molecule has 0 saturated carbocycles. The van der Waals surface area contributed by atoms with Crippen LogP contribution >= 0.6 is 0 Å². The van der Waals surface area contributed by atoms with Gasteiger partial charge in [0.1, 0.15) is 6.29 Å². The minimum atomic E-state index is 0.0257. The summed E-state index contributed by atoms with van der Waals surface area (Å²) < 4.78 is 1.80. The maximum atomic E-state index is 12.3. The van der Waals surface area contributed by atoms with Gasteiger partial charge in [0, 0.05) is 24.7 Å². The van der Waals surface area contributed by atoms with E-state index in [-0.39, 0.29) is 5.78 Å². The average Bonchev–Trinajstić information content (AvgIpc) is 2.72. The zero-order chi connectivity index (χ0) is 13.1. The number of allylic oxidation sites excluding steroid dienone is 4. The van der Waals surface area contributed by atoms with Crippen LogP contribution in [-0.2, 0) is 18.3 Å². The summed E-state index contributed by atoms with van der Waals surface area (Å²) in [4.78, 5) is 22.8. The molecule has 0 aliphatic heterocycles. The Morgan fingerprint density at radius 2 is 2.28 bits per heavy atom. The van der Waals surface area contributed by atoms with E-state index in [4.69, 9.17) is 0 Å².